The summed E-state index contributed by atoms with van der Waals surface area (Å²) in [6, 6.07) is 6.55. The zero-order valence-electron chi connectivity index (χ0n) is 10.4. The molecule has 1 aromatic heterocycles. The molecule has 0 aliphatic carbocycles. The molecule has 0 saturated heterocycles. The molecule has 6 heteroatoms. The molecule has 0 fully saturated rings. The summed E-state index contributed by atoms with van der Waals surface area (Å²) in [7, 11) is 1.75. The van der Waals surface area contributed by atoms with Crippen LogP contribution in [0, 0.1) is 5.82 Å². The highest BCUT2D eigenvalue weighted by Crippen LogP contribution is 2.22. The number of benzene rings is 1. The van der Waals surface area contributed by atoms with Crippen molar-refractivity contribution in [3.05, 3.63) is 36.0 Å². The van der Waals surface area contributed by atoms with E-state index in [1.165, 1.54) is 12.1 Å². The zero-order chi connectivity index (χ0) is 13.0. The van der Waals surface area contributed by atoms with Gasteiger partial charge in [-0.1, -0.05) is 18.1 Å². The first-order chi connectivity index (χ1) is 8.70. The summed E-state index contributed by atoms with van der Waals surface area (Å²) in [5.41, 5.74) is 0.661. The Morgan fingerprint density at radius 2 is 2.22 bits per heavy atom. The molecule has 0 atom stereocenters. The molecule has 5 nitrogen and oxygen atoms in total. The van der Waals surface area contributed by atoms with Crippen LogP contribution in [0.15, 0.2) is 28.7 Å². The van der Waals surface area contributed by atoms with Gasteiger partial charge in [-0.3, -0.25) is 4.90 Å². The third-order valence-corrected chi connectivity index (χ3v) is 2.46. The zero-order valence-corrected chi connectivity index (χ0v) is 10.4. The van der Waals surface area contributed by atoms with Crippen molar-refractivity contribution < 1.29 is 8.81 Å². The lowest BCUT2D eigenvalue weighted by molar-refractivity contribution is 0.476. The summed E-state index contributed by atoms with van der Waals surface area (Å²) in [6.07, 6.45) is 0. The molecule has 18 heavy (non-hydrogen) atoms. The summed E-state index contributed by atoms with van der Waals surface area (Å²) in [4.78, 5) is 1.64. The van der Waals surface area contributed by atoms with Crippen LogP contribution in [0.25, 0.3) is 0 Å². The van der Waals surface area contributed by atoms with Crippen LogP contribution in [0.3, 0.4) is 0 Å². The summed E-state index contributed by atoms with van der Waals surface area (Å²) in [5.74, 6) is 0.210. The van der Waals surface area contributed by atoms with Crippen LogP contribution in [-0.4, -0.2) is 23.8 Å². The van der Waals surface area contributed by atoms with Gasteiger partial charge < -0.3 is 9.73 Å². The van der Waals surface area contributed by atoms with E-state index in [1.54, 1.807) is 24.1 Å². The number of aromatic nitrogens is 2. The highest BCUT2D eigenvalue weighted by Gasteiger charge is 2.12. The van der Waals surface area contributed by atoms with Crippen molar-refractivity contribution in [3.8, 4) is 0 Å². The number of halogens is 1. The minimum Gasteiger partial charge on any atom is -0.406 e. The van der Waals surface area contributed by atoms with Gasteiger partial charge >= 0.3 is 6.01 Å². The van der Waals surface area contributed by atoms with Crippen LogP contribution in [0.5, 0.6) is 0 Å². The standard InChI is InChI=1S/C12H15FN4O/c1-3-14-8-11-15-16-12(18-11)17(2)10-6-4-5-9(13)7-10/h4-7,14H,3,8H2,1-2H3. The number of hydrogen-bond acceptors (Lipinski definition) is 5. The van der Waals surface area contributed by atoms with Crippen molar-refractivity contribution in [2.45, 2.75) is 13.5 Å². The molecule has 1 aromatic carbocycles. The Labute approximate surface area is 105 Å². The number of hydrogen-bond donors (Lipinski definition) is 1. The minimum atomic E-state index is -0.299. The third kappa shape index (κ3) is 2.84. The Bertz CT molecular complexity index is 514. The largest absolute Gasteiger partial charge is 0.406 e. The second kappa shape index (κ2) is 5.59. The first kappa shape index (κ1) is 12.5. The van der Waals surface area contributed by atoms with Gasteiger partial charge in [-0.25, -0.2) is 4.39 Å². The monoisotopic (exact) mass is 250 g/mol. The molecular weight excluding hydrogens is 235 g/mol. The molecule has 0 aliphatic heterocycles. The van der Waals surface area contributed by atoms with Crippen LogP contribution >= 0.6 is 0 Å². The van der Waals surface area contributed by atoms with Gasteiger partial charge in [0.1, 0.15) is 5.82 Å². The maximum atomic E-state index is 13.1. The van der Waals surface area contributed by atoms with E-state index < -0.39 is 0 Å². The Kier molecular flexibility index (Phi) is 3.88. The molecule has 0 radical (unpaired) electrons. The van der Waals surface area contributed by atoms with Gasteiger partial charge in [0.2, 0.25) is 5.89 Å². The SMILES string of the molecule is CCNCc1nnc(N(C)c2cccc(F)c2)o1. The molecule has 0 bridgehead atoms. The van der Waals surface area contributed by atoms with Crippen molar-refractivity contribution in [2.24, 2.45) is 0 Å². The molecule has 96 valence electrons. The predicted octanol–water partition coefficient (Wildman–Crippen LogP) is 2.09. The summed E-state index contributed by atoms with van der Waals surface area (Å²) >= 11 is 0. The Hall–Kier alpha value is -1.95. The van der Waals surface area contributed by atoms with Crippen LogP contribution in [0.1, 0.15) is 12.8 Å². The number of anilines is 2. The molecule has 1 heterocycles. The van der Waals surface area contributed by atoms with Crippen molar-refractivity contribution in [2.75, 3.05) is 18.5 Å². The Morgan fingerprint density at radius 1 is 1.39 bits per heavy atom. The number of rotatable bonds is 5. The van der Waals surface area contributed by atoms with Gasteiger partial charge in [0.25, 0.3) is 0 Å². The minimum absolute atomic E-state index is 0.299. The molecule has 0 unspecified atom stereocenters. The van der Waals surface area contributed by atoms with E-state index in [9.17, 15) is 4.39 Å². The average Bonchev–Trinajstić information content (AvgIpc) is 2.84. The van der Waals surface area contributed by atoms with E-state index >= 15 is 0 Å². The van der Waals surface area contributed by atoms with E-state index in [4.69, 9.17) is 4.42 Å². The normalized spacial score (nSPS) is 10.6. The lowest BCUT2D eigenvalue weighted by atomic mass is 10.3. The maximum Gasteiger partial charge on any atom is 0.322 e. The molecule has 1 N–H and O–H groups in total. The lowest BCUT2D eigenvalue weighted by Crippen LogP contribution is -2.12. The molecule has 2 rings (SSSR count). The van der Waals surface area contributed by atoms with E-state index in [-0.39, 0.29) is 5.82 Å². The van der Waals surface area contributed by atoms with Crippen molar-refractivity contribution in [1.82, 2.24) is 15.5 Å². The van der Waals surface area contributed by atoms with Crippen molar-refractivity contribution >= 4 is 11.7 Å². The highest BCUT2D eigenvalue weighted by molar-refractivity contribution is 5.54. The number of nitrogens with zero attached hydrogens (tertiary/aromatic N) is 3. The molecule has 0 spiro atoms. The van der Waals surface area contributed by atoms with Crippen LogP contribution < -0.4 is 10.2 Å². The number of nitrogens with one attached hydrogen (secondary N) is 1. The van der Waals surface area contributed by atoms with E-state index in [2.05, 4.69) is 15.5 Å². The van der Waals surface area contributed by atoms with Gasteiger partial charge in [0.05, 0.1) is 6.54 Å². The summed E-state index contributed by atoms with van der Waals surface area (Å²) < 4.78 is 18.6. The quantitative estimate of drug-likeness (QED) is 0.880. The average molecular weight is 250 g/mol. The Morgan fingerprint density at radius 3 is 2.94 bits per heavy atom. The van der Waals surface area contributed by atoms with E-state index in [0.29, 0.717) is 24.1 Å². The first-order valence-electron chi connectivity index (χ1n) is 5.73. The fourth-order valence-electron chi connectivity index (χ4n) is 1.48. The van der Waals surface area contributed by atoms with Gasteiger partial charge in [0.15, 0.2) is 0 Å². The van der Waals surface area contributed by atoms with Gasteiger partial charge in [-0.05, 0) is 24.7 Å². The summed E-state index contributed by atoms with van der Waals surface area (Å²) in [5, 5.41) is 10.9. The predicted molar refractivity (Wildman–Crippen MR) is 66.1 cm³/mol. The maximum absolute atomic E-state index is 13.1. The fraction of sp³-hybridized carbons (Fsp3) is 0.333. The second-order valence-corrected chi connectivity index (χ2v) is 3.80. The van der Waals surface area contributed by atoms with Gasteiger partial charge in [-0.2, -0.15) is 0 Å². The molecule has 0 aliphatic rings. The Balaban J connectivity index is 2.13. The molecule has 0 amide bonds. The lowest BCUT2D eigenvalue weighted by Gasteiger charge is -2.13. The topological polar surface area (TPSA) is 54.2 Å². The fourth-order valence-corrected chi connectivity index (χ4v) is 1.48. The third-order valence-electron chi connectivity index (χ3n) is 2.46. The van der Waals surface area contributed by atoms with Crippen LogP contribution in [0.2, 0.25) is 0 Å². The highest BCUT2D eigenvalue weighted by atomic mass is 19.1. The molecule has 0 saturated carbocycles. The van der Waals surface area contributed by atoms with Crippen molar-refractivity contribution in [1.29, 1.82) is 0 Å². The summed E-state index contributed by atoms with van der Waals surface area (Å²) in [6.45, 7) is 3.36. The van der Waals surface area contributed by atoms with Gasteiger partial charge in [0, 0.05) is 12.7 Å². The molecular formula is C12H15FN4O. The van der Waals surface area contributed by atoms with E-state index in [1.807, 2.05) is 6.92 Å². The smallest absolute Gasteiger partial charge is 0.322 e. The van der Waals surface area contributed by atoms with Crippen LogP contribution in [0.4, 0.5) is 16.1 Å². The molecule has 2 aromatic rings. The second-order valence-electron chi connectivity index (χ2n) is 3.80. The first-order valence-corrected chi connectivity index (χ1v) is 5.73. The van der Waals surface area contributed by atoms with E-state index in [0.717, 1.165) is 6.54 Å². The van der Waals surface area contributed by atoms with Gasteiger partial charge in [-0.15, -0.1) is 5.10 Å². The van der Waals surface area contributed by atoms with Crippen molar-refractivity contribution in [3.63, 3.8) is 0 Å². The van der Waals surface area contributed by atoms with Crippen LogP contribution in [-0.2, 0) is 6.54 Å².